The molecule has 0 unspecified atom stereocenters. The molecule has 7 nitrogen and oxygen atoms in total. The number of benzene rings is 2. The van der Waals surface area contributed by atoms with Crippen molar-refractivity contribution in [1.29, 1.82) is 0 Å². The number of carbonyl (C=O) groups excluding carboxylic acids is 1. The van der Waals surface area contributed by atoms with E-state index in [4.69, 9.17) is 4.74 Å². The maximum absolute atomic E-state index is 12.3. The molecule has 0 fully saturated rings. The first kappa shape index (κ1) is 18.2. The van der Waals surface area contributed by atoms with Crippen LogP contribution < -0.4 is 10.1 Å². The van der Waals surface area contributed by atoms with E-state index in [9.17, 15) is 10.0 Å². The van der Waals surface area contributed by atoms with Crippen LogP contribution in [-0.2, 0) is 0 Å². The molecule has 0 spiro atoms. The molecule has 0 atom stereocenters. The highest BCUT2D eigenvalue weighted by Crippen LogP contribution is 2.33. The molecule has 0 bridgehead atoms. The van der Waals surface area contributed by atoms with Gasteiger partial charge in [0.2, 0.25) is 0 Å². The lowest BCUT2D eigenvalue weighted by molar-refractivity contribution is 0.246. The molecule has 0 saturated carbocycles. The lowest BCUT2D eigenvalue weighted by atomic mass is 9.97. The third kappa shape index (κ3) is 3.98. The SMILES string of the molecule is [CH2]c1ccc(-c2ccccc2C(=NO)NC(=O)n2ccnc2)c(OCC)c1. The summed E-state index contributed by atoms with van der Waals surface area (Å²) < 4.78 is 6.99. The Morgan fingerprint density at radius 1 is 1.30 bits per heavy atom. The first-order valence-corrected chi connectivity index (χ1v) is 8.34. The Morgan fingerprint density at radius 2 is 2.11 bits per heavy atom. The van der Waals surface area contributed by atoms with Crippen LogP contribution in [0.2, 0.25) is 0 Å². The van der Waals surface area contributed by atoms with E-state index in [0.717, 1.165) is 16.7 Å². The molecule has 1 heterocycles. The number of imidazole rings is 1. The van der Waals surface area contributed by atoms with Crippen molar-refractivity contribution in [2.24, 2.45) is 5.16 Å². The summed E-state index contributed by atoms with van der Waals surface area (Å²) in [5, 5.41) is 15.4. The molecule has 7 heteroatoms. The van der Waals surface area contributed by atoms with Gasteiger partial charge in [-0.2, -0.15) is 0 Å². The van der Waals surface area contributed by atoms with Gasteiger partial charge < -0.3 is 9.94 Å². The Kier molecular flexibility index (Phi) is 5.51. The average molecular weight is 363 g/mol. The Balaban J connectivity index is 2.02. The summed E-state index contributed by atoms with van der Waals surface area (Å²) in [4.78, 5) is 16.1. The van der Waals surface area contributed by atoms with Gasteiger partial charge in [-0.1, -0.05) is 41.6 Å². The van der Waals surface area contributed by atoms with Gasteiger partial charge in [0, 0.05) is 23.5 Å². The lowest BCUT2D eigenvalue weighted by Crippen LogP contribution is -2.34. The minimum Gasteiger partial charge on any atom is -0.493 e. The maximum atomic E-state index is 12.3. The highest BCUT2D eigenvalue weighted by molar-refractivity contribution is 6.11. The number of aromatic nitrogens is 2. The van der Waals surface area contributed by atoms with E-state index >= 15 is 0 Å². The van der Waals surface area contributed by atoms with Crippen LogP contribution in [-0.4, -0.2) is 33.2 Å². The van der Waals surface area contributed by atoms with Gasteiger partial charge in [0.1, 0.15) is 12.1 Å². The molecule has 3 rings (SSSR count). The van der Waals surface area contributed by atoms with Crippen molar-refractivity contribution in [1.82, 2.24) is 14.9 Å². The van der Waals surface area contributed by atoms with Gasteiger partial charge in [-0.05, 0) is 31.0 Å². The summed E-state index contributed by atoms with van der Waals surface area (Å²) >= 11 is 0. The van der Waals surface area contributed by atoms with Gasteiger partial charge in [-0.15, -0.1) is 0 Å². The smallest absolute Gasteiger partial charge is 0.332 e. The fourth-order valence-electron chi connectivity index (χ4n) is 2.68. The Labute approximate surface area is 156 Å². The normalized spacial score (nSPS) is 11.3. The molecule has 2 N–H and O–H groups in total. The van der Waals surface area contributed by atoms with E-state index in [-0.39, 0.29) is 5.84 Å². The van der Waals surface area contributed by atoms with Crippen molar-refractivity contribution in [3.8, 4) is 16.9 Å². The van der Waals surface area contributed by atoms with Gasteiger partial charge in [-0.25, -0.2) is 9.78 Å². The molecule has 3 aromatic rings. The highest BCUT2D eigenvalue weighted by atomic mass is 16.5. The van der Waals surface area contributed by atoms with Gasteiger partial charge in [0.25, 0.3) is 0 Å². The Hall–Kier alpha value is -3.61. The minimum absolute atomic E-state index is 0.0189. The summed E-state index contributed by atoms with van der Waals surface area (Å²) in [6, 6.07) is 12.4. The molecule has 1 aromatic heterocycles. The number of ether oxygens (including phenoxy) is 1. The zero-order valence-corrected chi connectivity index (χ0v) is 14.8. The largest absolute Gasteiger partial charge is 0.493 e. The second-order valence-corrected chi connectivity index (χ2v) is 5.66. The summed E-state index contributed by atoms with van der Waals surface area (Å²) in [6.07, 6.45) is 4.34. The lowest BCUT2D eigenvalue weighted by Gasteiger charge is -2.16. The van der Waals surface area contributed by atoms with Crippen LogP contribution in [0.4, 0.5) is 4.79 Å². The molecular weight excluding hydrogens is 344 g/mol. The van der Waals surface area contributed by atoms with Gasteiger partial charge >= 0.3 is 6.03 Å². The van der Waals surface area contributed by atoms with E-state index in [2.05, 4.69) is 22.4 Å². The van der Waals surface area contributed by atoms with Crippen molar-refractivity contribution in [3.63, 3.8) is 0 Å². The number of rotatable bonds is 4. The summed E-state index contributed by atoms with van der Waals surface area (Å²) in [5.41, 5.74) is 2.92. The number of hydrogen-bond donors (Lipinski definition) is 2. The third-order valence-electron chi connectivity index (χ3n) is 3.88. The predicted molar refractivity (Wildman–Crippen MR) is 102 cm³/mol. The van der Waals surface area contributed by atoms with E-state index in [1.807, 2.05) is 37.3 Å². The molecule has 0 aliphatic carbocycles. The molecule has 0 saturated heterocycles. The number of oxime groups is 1. The molecule has 2 aromatic carbocycles. The fourth-order valence-corrected chi connectivity index (χ4v) is 2.68. The van der Waals surface area contributed by atoms with E-state index < -0.39 is 6.03 Å². The second-order valence-electron chi connectivity index (χ2n) is 5.66. The average Bonchev–Trinajstić information content (AvgIpc) is 3.21. The number of nitrogens with zero attached hydrogens (tertiary/aromatic N) is 3. The number of amidine groups is 1. The quantitative estimate of drug-likeness (QED) is 0.321. The van der Waals surface area contributed by atoms with Crippen molar-refractivity contribution in [2.45, 2.75) is 6.92 Å². The number of nitrogens with one attached hydrogen (secondary N) is 1. The maximum Gasteiger partial charge on any atom is 0.332 e. The summed E-state index contributed by atoms with van der Waals surface area (Å²) in [7, 11) is 0. The van der Waals surface area contributed by atoms with Gasteiger partial charge in [-0.3, -0.25) is 9.88 Å². The fraction of sp³-hybridized carbons (Fsp3) is 0.100. The minimum atomic E-state index is -0.492. The van der Waals surface area contributed by atoms with E-state index in [1.165, 1.54) is 23.3 Å². The zero-order valence-electron chi connectivity index (χ0n) is 14.8. The monoisotopic (exact) mass is 363 g/mol. The number of carbonyl (C=O) groups is 1. The first-order chi connectivity index (χ1) is 13.1. The first-order valence-electron chi connectivity index (χ1n) is 8.34. The number of hydrogen-bond acceptors (Lipinski definition) is 5. The third-order valence-corrected chi connectivity index (χ3v) is 3.88. The van der Waals surface area contributed by atoms with Gasteiger partial charge in [0.05, 0.1) is 6.61 Å². The Bertz CT molecular complexity index is 965. The van der Waals surface area contributed by atoms with Crippen LogP contribution >= 0.6 is 0 Å². The molecular formula is C20H19N4O3. The summed E-state index contributed by atoms with van der Waals surface area (Å²) in [6.45, 7) is 6.33. The zero-order chi connectivity index (χ0) is 19.2. The molecule has 1 radical (unpaired) electrons. The second kappa shape index (κ2) is 8.18. The number of amides is 1. The van der Waals surface area contributed by atoms with Crippen LogP contribution in [0, 0.1) is 6.92 Å². The van der Waals surface area contributed by atoms with Crippen molar-refractivity contribution >= 4 is 11.9 Å². The van der Waals surface area contributed by atoms with Crippen LogP contribution in [0.15, 0.2) is 66.3 Å². The van der Waals surface area contributed by atoms with E-state index in [1.54, 1.807) is 12.1 Å². The highest BCUT2D eigenvalue weighted by Gasteiger charge is 2.17. The molecule has 27 heavy (non-hydrogen) atoms. The van der Waals surface area contributed by atoms with Gasteiger partial charge in [0.15, 0.2) is 5.84 Å². The van der Waals surface area contributed by atoms with Crippen LogP contribution in [0.25, 0.3) is 11.1 Å². The molecule has 137 valence electrons. The van der Waals surface area contributed by atoms with E-state index in [0.29, 0.717) is 17.9 Å². The van der Waals surface area contributed by atoms with Crippen LogP contribution in [0.1, 0.15) is 18.1 Å². The van der Waals surface area contributed by atoms with Crippen LogP contribution in [0.3, 0.4) is 0 Å². The van der Waals surface area contributed by atoms with Crippen molar-refractivity contribution < 1.29 is 14.7 Å². The standard InChI is InChI=1S/C20H19N4O3/c1-3-27-18-12-14(2)8-9-16(18)15-6-4-5-7-17(15)19(23-26)22-20(25)24-11-10-21-13-24/h4-13,26H,2-3H2,1H3,(H,22,23,25). The molecule has 0 aliphatic rings. The predicted octanol–water partition coefficient (Wildman–Crippen LogP) is 3.52. The van der Waals surface area contributed by atoms with Crippen molar-refractivity contribution in [2.75, 3.05) is 6.61 Å². The topological polar surface area (TPSA) is 88.7 Å². The molecule has 1 amide bonds. The summed E-state index contributed by atoms with van der Waals surface area (Å²) in [5.74, 6) is 0.682. The Morgan fingerprint density at radius 3 is 2.81 bits per heavy atom. The van der Waals surface area contributed by atoms with Crippen molar-refractivity contribution in [3.05, 3.63) is 79.2 Å². The molecule has 0 aliphatic heterocycles. The van der Waals surface area contributed by atoms with Crippen LogP contribution in [0.5, 0.6) is 5.75 Å².